The Bertz CT molecular complexity index is 1070. The fraction of sp³-hybridized carbons (Fsp3) is 0.316. The maximum Gasteiger partial charge on any atom is 0.435 e. The van der Waals surface area contributed by atoms with Crippen LogP contribution in [0.25, 0.3) is 0 Å². The van der Waals surface area contributed by atoms with Gasteiger partial charge in [-0.3, -0.25) is 14.2 Å². The van der Waals surface area contributed by atoms with Gasteiger partial charge >= 0.3 is 12.4 Å². The molecule has 0 aliphatic rings. The fourth-order valence-electron chi connectivity index (χ4n) is 2.85. The van der Waals surface area contributed by atoms with Crippen LogP contribution in [0.2, 0.25) is 0 Å². The van der Waals surface area contributed by atoms with Crippen molar-refractivity contribution >= 4 is 11.6 Å². The van der Waals surface area contributed by atoms with E-state index < -0.39 is 29.5 Å². The van der Waals surface area contributed by atoms with Crippen molar-refractivity contribution in [2.75, 3.05) is 5.32 Å². The van der Waals surface area contributed by atoms with Gasteiger partial charge in [0.1, 0.15) is 0 Å². The smallest absolute Gasteiger partial charge is 0.323 e. The molecule has 0 bridgehead atoms. The van der Waals surface area contributed by atoms with Crippen molar-refractivity contribution in [1.82, 2.24) is 19.6 Å². The molecule has 0 spiro atoms. The van der Waals surface area contributed by atoms with Crippen molar-refractivity contribution in [2.45, 2.75) is 38.8 Å². The average Bonchev–Trinajstić information content (AvgIpc) is 3.25. The van der Waals surface area contributed by atoms with Crippen LogP contribution in [0, 0.1) is 6.92 Å². The maximum atomic E-state index is 12.8. The van der Waals surface area contributed by atoms with Gasteiger partial charge in [-0.05, 0) is 30.7 Å². The van der Waals surface area contributed by atoms with E-state index in [-0.39, 0.29) is 25.2 Å². The molecule has 0 aliphatic carbocycles. The Labute approximate surface area is 172 Å². The van der Waals surface area contributed by atoms with Crippen LogP contribution in [-0.2, 0) is 30.2 Å². The molecule has 0 unspecified atom stereocenters. The first-order valence-electron chi connectivity index (χ1n) is 9.02. The molecule has 0 atom stereocenters. The SMILES string of the molecule is Cc1cc(C(F)(F)F)nn1CCC(=O)Nc1cnn(Cc2cccc(C(F)(F)F)c2)c1. The minimum atomic E-state index is -4.56. The normalized spacial score (nSPS) is 12.2. The summed E-state index contributed by atoms with van der Waals surface area (Å²) in [6.07, 6.45) is -6.37. The second-order valence-electron chi connectivity index (χ2n) is 6.81. The first kappa shape index (κ1) is 22.4. The summed E-state index contributed by atoms with van der Waals surface area (Å²) in [6.45, 7) is 1.47. The minimum Gasteiger partial charge on any atom is -0.323 e. The molecular weight excluding hydrogens is 428 g/mol. The number of hydrogen-bond acceptors (Lipinski definition) is 3. The lowest BCUT2D eigenvalue weighted by molar-refractivity contribution is -0.141. The van der Waals surface area contributed by atoms with Crippen molar-refractivity contribution < 1.29 is 31.1 Å². The van der Waals surface area contributed by atoms with Crippen LogP contribution in [0.15, 0.2) is 42.7 Å². The van der Waals surface area contributed by atoms with Gasteiger partial charge < -0.3 is 5.32 Å². The second-order valence-corrected chi connectivity index (χ2v) is 6.81. The van der Waals surface area contributed by atoms with Gasteiger partial charge in [0.2, 0.25) is 5.91 Å². The average molecular weight is 445 g/mol. The monoisotopic (exact) mass is 445 g/mol. The van der Waals surface area contributed by atoms with Crippen molar-refractivity contribution in [1.29, 1.82) is 0 Å². The van der Waals surface area contributed by atoms with E-state index in [1.807, 2.05) is 0 Å². The number of benzene rings is 1. The quantitative estimate of drug-likeness (QED) is 0.569. The van der Waals surface area contributed by atoms with E-state index in [4.69, 9.17) is 0 Å². The Kier molecular flexibility index (Phi) is 6.09. The predicted octanol–water partition coefficient (Wildman–Crippen LogP) is 4.50. The summed E-state index contributed by atoms with van der Waals surface area (Å²) in [5.41, 5.74) is -0.834. The third-order valence-electron chi connectivity index (χ3n) is 4.34. The Morgan fingerprint density at radius 2 is 1.84 bits per heavy atom. The highest BCUT2D eigenvalue weighted by Gasteiger charge is 2.34. The van der Waals surface area contributed by atoms with E-state index in [0.29, 0.717) is 11.3 Å². The molecule has 6 nitrogen and oxygen atoms in total. The van der Waals surface area contributed by atoms with Gasteiger partial charge in [-0.25, -0.2) is 0 Å². The van der Waals surface area contributed by atoms with Crippen LogP contribution < -0.4 is 5.32 Å². The molecular formula is C19H17F6N5O. The zero-order valence-electron chi connectivity index (χ0n) is 16.1. The summed E-state index contributed by atoms with van der Waals surface area (Å²) in [5.74, 6) is -0.470. The topological polar surface area (TPSA) is 64.7 Å². The molecule has 2 heterocycles. The van der Waals surface area contributed by atoms with Gasteiger partial charge in [-0.1, -0.05) is 12.1 Å². The molecule has 1 amide bonds. The van der Waals surface area contributed by atoms with Crippen LogP contribution in [-0.4, -0.2) is 25.5 Å². The van der Waals surface area contributed by atoms with Crippen molar-refractivity contribution in [3.8, 4) is 0 Å². The molecule has 12 heteroatoms. The third kappa shape index (κ3) is 5.86. The maximum absolute atomic E-state index is 12.8. The van der Waals surface area contributed by atoms with Gasteiger partial charge in [0.15, 0.2) is 5.69 Å². The fourth-order valence-corrected chi connectivity index (χ4v) is 2.85. The molecule has 1 aromatic carbocycles. The van der Waals surface area contributed by atoms with Crippen LogP contribution in [0.5, 0.6) is 0 Å². The standard InChI is InChI=1S/C19H17F6N5O/c1-12-7-16(19(23,24)25)28-30(12)6-5-17(31)27-15-9-26-29(11-15)10-13-3-2-4-14(8-13)18(20,21)22/h2-4,7-9,11H,5-6,10H2,1H3,(H,27,31). The molecule has 3 rings (SSSR count). The molecule has 0 fully saturated rings. The lowest BCUT2D eigenvalue weighted by Crippen LogP contribution is -2.16. The lowest BCUT2D eigenvalue weighted by atomic mass is 10.1. The van der Waals surface area contributed by atoms with Crippen LogP contribution >= 0.6 is 0 Å². The highest BCUT2D eigenvalue weighted by Crippen LogP contribution is 2.30. The Hall–Kier alpha value is -3.31. The summed E-state index contributed by atoms with van der Waals surface area (Å²) < 4.78 is 78.9. The number of halogens is 6. The molecule has 1 N–H and O–H groups in total. The van der Waals surface area contributed by atoms with Crippen LogP contribution in [0.3, 0.4) is 0 Å². The van der Waals surface area contributed by atoms with E-state index >= 15 is 0 Å². The van der Waals surface area contributed by atoms with Gasteiger partial charge in [-0.2, -0.15) is 36.5 Å². The zero-order valence-corrected chi connectivity index (χ0v) is 16.1. The number of carbonyl (C=O) groups excluding carboxylic acids is 1. The summed E-state index contributed by atoms with van der Waals surface area (Å²) >= 11 is 0. The number of carbonyl (C=O) groups is 1. The van der Waals surface area contributed by atoms with Crippen molar-refractivity contribution in [2.24, 2.45) is 0 Å². The van der Waals surface area contributed by atoms with E-state index in [1.54, 1.807) is 0 Å². The van der Waals surface area contributed by atoms with Gasteiger partial charge in [0.05, 0.1) is 24.0 Å². The highest BCUT2D eigenvalue weighted by atomic mass is 19.4. The van der Waals surface area contributed by atoms with E-state index in [1.165, 1.54) is 36.1 Å². The van der Waals surface area contributed by atoms with E-state index in [9.17, 15) is 31.1 Å². The molecule has 166 valence electrons. The summed E-state index contributed by atoms with van der Waals surface area (Å²) in [5, 5.41) is 9.99. The number of anilines is 1. The van der Waals surface area contributed by atoms with Crippen molar-refractivity contribution in [3.05, 3.63) is 65.2 Å². The van der Waals surface area contributed by atoms with Crippen molar-refractivity contribution in [3.63, 3.8) is 0 Å². The van der Waals surface area contributed by atoms with Crippen LogP contribution in [0.1, 0.15) is 28.9 Å². The first-order valence-corrected chi connectivity index (χ1v) is 9.02. The molecule has 31 heavy (non-hydrogen) atoms. The highest BCUT2D eigenvalue weighted by molar-refractivity contribution is 5.90. The van der Waals surface area contributed by atoms with Gasteiger partial charge in [-0.15, -0.1) is 0 Å². The molecule has 3 aromatic rings. The lowest BCUT2D eigenvalue weighted by Gasteiger charge is -2.08. The number of amides is 1. The molecule has 0 radical (unpaired) electrons. The van der Waals surface area contributed by atoms with E-state index in [0.717, 1.165) is 22.9 Å². The summed E-state index contributed by atoms with van der Waals surface area (Å²) in [4.78, 5) is 12.1. The molecule has 2 aromatic heterocycles. The number of alkyl halides is 6. The molecule has 0 aliphatic heterocycles. The first-order chi connectivity index (χ1) is 14.4. The van der Waals surface area contributed by atoms with E-state index in [2.05, 4.69) is 15.5 Å². The van der Waals surface area contributed by atoms with Crippen LogP contribution in [0.4, 0.5) is 32.0 Å². The van der Waals surface area contributed by atoms with Gasteiger partial charge in [0, 0.05) is 24.9 Å². The molecule has 0 saturated carbocycles. The Morgan fingerprint density at radius 3 is 2.48 bits per heavy atom. The summed E-state index contributed by atoms with van der Waals surface area (Å²) in [7, 11) is 0. The number of nitrogens with one attached hydrogen (secondary N) is 1. The van der Waals surface area contributed by atoms with Gasteiger partial charge in [0.25, 0.3) is 0 Å². The Balaban J connectivity index is 1.56. The predicted molar refractivity (Wildman–Crippen MR) is 98.0 cm³/mol. The summed E-state index contributed by atoms with van der Waals surface area (Å²) in [6, 6.07) is 5.71. The molecule has 0 saturated heterocycles. The number of aryl methyl sites for hydroxylation is 2. The largest absolute Gasteiger partial charge is 0.435 e. The third-order valence-corrected chi connectivity index (χ3v) is 4.34. The number of rotatable bonds is 6. The number of aromatic nitrogens is 4. The minimum absolute atomic E-state index is 0.0495. The number of hydrogen-bond donors (Lipinski definition) is 1. The Morgan fingerprint density at radius 1 is 1.10 bits per heavy atom. The second kappa shape index (κ2) is 8.44. The number of nitrogens with zero attached hydrogens (tertiary/aromatic N) is 4. The zero-order chi connectivity index (χ0) is 22.8.